The molecule has 1 heterocycles. The second-order valence-corrected chi connectivity index (χ2v) is 7.18. The Morgan fingerprint density at radius 2 is 2.00 bits per heavy atom. The highest BCUT2D eigenvalue weighted by molar-refractivity contribution is 8.01. The van der Waals surface area contributed by atoms with E-state index >= 15 is 0 Å². The minimum Gasteiger partial charge on any atom is -0.309 e. The van der Waals surface area contributed by atoms with Gasteiger partial charge in [-0.15, -0.1) is 0 Å². The summed E-state index contributed by atoms with van der Waals surface area (Å²) in [4.78, 5) is 4.32. The van der Waals surface area contributed by atoms with Crippen molar-refractivity contribution in [2.75, 3.05) is 6.54 Å². The van der Waals surface area contributed by atoms with Crippen molar-refractivity contribution in [3.8, 4) is 0 Å². The topological polar surface area (TPSA) is 37.8 Å². The Morgan fingerprint density at radius 3 is 2.55 bits per heavy atom. The van der Waals surface area contributed by atoms with E-state index < -0.39 is 0 Å². The first-order valence-electron chi connectivity index (χ1n) is 6.94. The van der Waals surface area contributed by atoms with E-state index in [0.29, 0.717) is 17.2 Å². The summed E-state index contributed by atoms with van der Waals surface area (Å²) in [5, 5.41) is 4.06. The highest BCUT2D eigenvalue weighted by Crippen LogP contribution is 2.37. The van der Waals surface area contributed by atoms with Crippen LogP contribution in [0.3, 0.4) is 0 Å². The Balaban J connectivity index is 2.23. The Hall–Kier alpha value is -0.910. The maximum Gasteiger partial charge on any atom is 0.170 e. The molecule has 0 bridgehead atoms. The van der Waals surface area contributed by atoms with Crippen LogP contribution in [-0.4, -0.2) is 21.2 Å². The molecule has 0 aliphatic rings. The van der Waals surface area contributed by atoms with Gasteiger partial charge in [0.05, 0.1) is 0 Å². The van der Waals surface area contributed by atoms with Gasteiger partial charge in [0.2, 0.25) is 0 Å². The lowest BCUT2D eigenvalue weighted by Crippen LogP contribution is -2.33. The third-order valence-corrected chi connectivity index (χ3v) is 5.52. The number of nitrogens with one attached hydrogen (secondary N) is 1. The van der Waals surface area contributed by atoms with Crippen LogP contribution in [0.1, 0.15) is 32.4 Å². The van der Waals surface area contributed by atoms with Crippen LogP contribution in [0.25, 0.3) is 0 Å². The van der Waals surface area contributed by atoms with E-state index in [-0.39, 0.29) is 0 Å². The van der Waals surface area contributed by atoms with Gasteiger partial charge in [-0.05, 0) is 29.6 Å². The van der Waals surface area contributed by atoms with Crippen LogP contribution in [0, 0.1) is 5.92 Å². The number of benzene rings is 1. The lowest BCUT2D eigenvalue weighted by Gasteiger charge is -2.30. The highest BCUT2D eigenvalue weighted by Gasteiger charge is 2.27. The SMILES string of the molecule is CCNC(c1ccccc1)C(Sc1ncns1)C(C)C. The summed E-state index contributed by atoms with van der Waals surface area (Å²) in [6.07, 6.45) is 1.63. The molecular formula is C15H21N3S2. The van der Waals surface area contributed by atoms with Crippen LogP contribution in [0.2, 0.25) is 0 Å². The van der Waals surface area contributed by atoms with Crippen molar-refractivity contribution in [1.82, 2.24) is 14.7 Å². The average Bonchev–Trinajstić information content (AvgIpc) is 2.96. The highest BCUT2D eigenvalue weighted by atomic mass is 32.2. The third-order valence-electron chi connectivity index (χ3n) is 3.15. The molecule has 0 amide bonds. The van der Waals surface area contributed by atoms with Gasteiger partial charge in [0.15, 0.2) is 4.34 Å². The molecule has 1 aromatic heterocycles. The fourth-order valence-electron chi connectivity index (χ4n) is 2.22. The number of thioether (sulfide) groups is 1. The van der Waals surface area contributed by atoms with Gasteiger partial charge in [0.25, 0.3) is 0 Å². The van der Waals surface area contributed by atoms with Gasteiger partial charge in [-0.1, -0.05) is 62.9 Å². The summed E-state index contributed by atoms with van der Waals surface area (Å²) in [6.45, 7) is 7.65. The van der Waals surface area contributed by atoms with Crippen LogP contribution >= 0.6 is 23.3 Å². The molecule has 0 aliphatic carbocycles. The fraction of sp³-hybridized carbons (Fsp3) is 0.467. The summed E-state index contributed by atoms with van der Waals surface area (Å²) in [5.74, 6) is 0.549. The lowest BCUT2D eigenvalue weighted by molar-refractivity contribution is 0.453. The minimum absolute atomic E-state index is 0.329. The van der Waals surface area contributed by atoms with Gasteiger partial charge in [-0.2, -0.15) is 4.37 Å². The zero-order valence-electron chi connectivity index (χ0n) is 12.1. The molecule has 2 atom stereocenters. The molecular weight excluding hydrogens is 286 g/mol. The van der Waals surface area contributed by atoms with Gasteiger partial charge in [-0.3, -0.25) is 0 Å². The maximum atomic E-state index is 4.32. The normalized spacial score (nSPS) is 14.4. The number of nitrogens with zero attached hydrogens (tertiary/aromatic N) is 2. The van der Waals surface area contributed by atoms with Gasteiger partial charge < -0.3 is 5.32 Å². The standard InChI is InChI=1S/C15H21N3S2/c1-4-16-13(12-8-6-5-7-9-12)14(11(2)3)19-15-17-10-18-20-15/h5-11,13-14,16H,4H2,1-3H3. The van der Waals surface area contributed by atoms with Gasteiger partial charge in [0.1, 0.15) is 6.33 Å². The molecule has 0 fully saturated rings. The van der Waals surface area contributed by atoms with Gasteiger partial charge >= 0.3 is 0 Å². The first kappa shape index (κ1) is 15.5. The van der Waals surface area contributed by atoms with E-state index in [1.807, 2.05) is 11.8 Å². The van der Waals surface area contributed by atoms with Crippen molar-refractivity contribution in [1.29, 1.82) is 0 Å². The van der Waals surface area contributed by atoms with Crippen LogP contribution in [0.15, 0.2) is 41.0 Å². The van der Waals surface area contributed by atoms with Crippen molar-refractivity contribution in [3.63, 3.8) is 0 Å². The zero-order chi connectivity index (χ0) is 14.4. The van der Waals surface area contributed by atoms with E-state index in [4.69, 9.17) is 0 Å². The monoisotopic (exact) mass is 307 g/mol. The van der Waals surface area contributed by atoms with Crippen LogP contribution < -0.4 is 5.32 Å². The molecule has 1 aromatic carbocycles. The van der Waals surface area contributed by atoms with Crippen LogP contribution in [0.5, 0.6) is 0 Å². The maximum absolute atomic E-state index is 4.32. The Labute approximate surface area is 129 Å². The fourth-order valence-corrected chi connectivity index (χ4v) is 4.14. The molecule has 2 aromatic rings. The number of aromatic nitrogens is 2. The predicted molar refractivity (Wildman–Crippen MR) is 87.3 cm³/mol. The molecule has 0 spiro atoms. The smallest absolute Gasteiger partial charge is 0.170 e. The molecule has 2 rings (SSSR count). The van der Waals surface area contributed by atoms with Crippen molar-refractivity contribution in [2.45, 2.75) is 36.4 Å². The summed E-state index contributed by atoms with van der Waals surface area (Å²) in [5.41, 5.74) is 1.34. The molecule has 2 unspecified atom stereocenters. The van der Waals surface area contributed by atoms with E-state index in [1.165, 1.54) is 17.1 Å². The van der Waals surface area contributed by atoms with Crippen molar-refractivity contribution in [3.05, 3.63) is 42.2 Å². The van der Waals surface area contributed by atoms with Crippen molar-refractivity contribution >= 4 is 23.3 Å². The Bertz CT molecular complexity index is 485. The molecule has 0 saturated carbocycles. The molecule has 3 nitrogen and oxygen atoms in total. The summed E-state index contributed by atoms with van der Waals surface area (Å²) >= 11 is 3.30. The van der Waals surface area contributed by atoms with Crippen LogP contribution in [0.4, 0.5) is 0 Å². The first-order valence-corrected chi connectivity index (χ1v) is 8.59. The molecule has 0 aliphatic heterocycles. The number of hydrogen-bond acceptors (Lipinski definition) is 5. The first-order chi connectivity index (χ1) is 9.72. The summed E-state index contributed by atoms with van der Waals surface area (Å²) in [7, 11) is 0. The minimum atomic E-state index is 0.329. The quantitative estimate of drug-likeness (QED) is 0.784. The van der Waals surface area contributed by atoms with Gasteiger partial charge in [-0.25, -0.2) is 4.98 Å². The molecule has 0 radical (unpaired) electrons. The largest absolute Gasteiger partial charge is 0.309 e. The van der Waals surface area contributed by atoms with Crippen LogP contribution in [-0.2, 0) is 0 Å². The zero-order valence-corrected chi connectivity index (χ0v) is 13.7. The molecule has 0 saturated heterocycles. The lowest BCUT2D eigenvalue weighted by atomic mass is 9.96. The Kier molecular flexibility index (Phi) is 6.01. The Morgan fingerprint density at radius 1 is 1.25 bits per heavy atom. The molecule has 5 heteroatoms. The van der Waals surface area contributed by atoms with E-state index in [0.717, 1.165) is 10.9 Å². The van der Waals surface area contributed by atoms with Crippen molar-refractivity contribution in [2.24, 2.45) is 5.92 Å². The number of hydrogen-bond donors (Lipinski definition) is 1. The average molecular weight is 307 g/mol. The van der Waals surface area contributed by atoms with E-state index in [9.17, 15) is 0 Å². The van der Waals surface area contributed by atoms with Crippen molar-refractivity contribution < 1.29 is 0 Å². The van der Waals surface area contributed by atoms with E-state index in [2.05, 4.69) is 65.8 Å². The molecule has 1 N–H and O–H groups in total. The van der Waals surface area contributed by atoms with E-state index in [1.54, 1.807) is 6.33 Å². The number of rotatable bonds is 7. The summed E-state index contributed by atoms with van der Waals surface area (Å²) in [6, 6.07) is 11.0. The summed E-state index contributed by atoms with van der Waals surface area (Å²) < 4.78 is 5.15. The predicted octanol–water partition coefficient (Wildman–Crippen LogP) is 4.01. The second-order valence-electron chi connectivity index (χ2n) is 4.98. The molecule has 108 valence electrons. The van der Waals surface area contributed by atoms with Gasteiger partial charge in [0, 0.05) is 11.3 Å². The molecule has 20 heavy (non-hydrogen) atoms. The second kappa shape index (κ2) is 7.76. The third kappa shape index (κ3) is 4.04.